The van der Waals surface area contributed by atoms with Gasteiger partial charge in [0.05, 0.1) is 24.5 Å². The number of benzene rings is 1. The maximum absolute atomic E-state index is 5.40. The number of guanidine groups is 1. The molecule has 0 fully saturated rings. The van der Waals surface area contributed by atoms with E-state index in [2.05, 4.69) is 53.2 Å². The Labute approximate surface area is 193 Å². The van der Waals surface area contributed by atoms with Crippen molar-refractivity contribution in [2.75, 3.05) is 25.1 Å². The fraction of sp³-hybridized carbons (Fsp3) is 0.333. The molecule has 2 heterocycles. The molecule has 0 aliphatic heterocycles. The van der Waals surface area contributed by atoms with E-state index < -0.39 is 0 Å². The van der Waals surface area contributed by atoms with Gasteiger partial charge in [-0.15, -0.1) is 24.0 Å². The molecule has 8 heteroatoms. The van der Waals surface area contributed by atoms with Crippen LogP contribution in [0.2, 0.25) is 0 Å². The van der Waals surface area contributed by atoms with Gasteiger partial charge < -0.3 is 15.1 Å². The molecule has 6 nitrogen and oxygen atoms in total. The van der Waals surface area contributed by atoms with Gasteiger partial charge in [-0.3, -0.25) is 4.99 Å². The Morgan fingerprint density at radius 1 is 1.28 bits per heavy atom. The smallest absolute Gasteiger partial charge is 0.191 e. The highest BCUT2D eigenvalue weighted by Crippen LogP contribution is 2.16. The standard InChI is InChI=1S/C21H27N5OS.HI/c1-17(18-6-3-7-19(16-18)26-13-5-10-24-26)25-21(23-12-15-28-2)22-11-9-20-8-4-14-27-20;/h3-8,10,13-14,16-17H,9,11-12,15H2,1-2H3,(H2,22,23,25);1H. The van der Waals surface area contributed by atoms with Crippen molar-refractivity contribution in [2.45, 2.75) is 19.4 Å². The topological polar surface area (TPSA) is 67.4 Å². The van der Waals surface area contributed by atoms with Crippen LogP contribution < -0.4 is 10.6 Å². The van der Waals surface area contributed by atoms with Gasteiger partial charge in [0.2, 0.25) is 0 Å². The van der Waals surface area contributed by atoms with Crippen molar-refractivity contribution < 1.29 is 4.42 Å². The first kappa shape index (κ1) is 23.3. The SMILES string of the molecule is CSCCN=C(NCCc1ccco1)NC(C)c1cccc(-n2cccn2)c1.I. The molecule has 0 amide bonds. The lowest BCUT2D eigenvalue weighted by Gasteiger charge is -2.19. The number of halogens is 1. The van der Waals surface area contributed by atoms with Gasteiger partial charge in [-0.2, -0.15) is 16.9 Å². The minimum atomic E-state index is 0. The molecule has 1 unspecified atom stereocenters. The molecule has 0 aliphatic rings. The summed E-state index contributed by atoms with van der Waals surface area (Å²) in [5.74, 6) is 2.78. The van der Waals surface area contributed by atoms with E-state index in [-0.39, 0.29) is 30.0 Å². The number of aliphatic imine (C=N–C) groups is 1. The van der Waals surface area contributed by atoms with Crippen LogP contribution in [0.15, 0.2) is 70.5 Å². The molecule has 3 aromatic rings. The zero-order chi connectivity index (χ0) is 19.6. The molecule has 29 heavy (non-hydrogen) atoms. The van der Waals surface area contributed by atoms with Gasteiger partial charge >= 0.3 is 0 Å². The van der Waals surface area contributed by atoms with E-state index >= 15 is 0 Å². The molecule has 0 saturated carbocycles. The van der Waals surface area contributed by atoms with Crippen LogP contribution in [0, 0.1) is 0 Å². The Bertz CT molecular complexity index is 852. The summed E-state index contributed by atoms with van der Waals surface area (Å²) in [4.78, 5) is 4.70. The maximum Gasteiger partial charge on any atom is 0.191 e. The van der Waals surface area contributed by atoms with E-state index in [1.54, 1.807) is 24.2 Å². The van der Waals surface area contributed by atoms with Crippen LogP contribution in [0.5, 0.6) is 0 Å². The predicted molar refractivity (Wildman–Crippen MR) is 132 cm³/mol. The minimum Gasteiger partial charge on any atom is -0.469 e. The molecule has 0 aliphatic carbocycles. The lowest BCUT2D eigenvalue weighted by molar-refractivity contribution is 0.506. The summed E-state index contributed by atoms with van der Waals surface area (Å²) in [6.45, 7) is 3.68. The van der Waals surface area contributed by atoms with Gasteiger partial charge in [0.15, 0.2) is 5.96 Å². The van der Waals surface area contributed by atoms with E-state index in [0.717, 1.165) is 42.7 Å². The maximum atomic E-state index is 5.40. The summed E-state index contributed by atoms with van der Waals surface area (Å²) in [6.07, 6.45) is 8.35. The van der Waals surface area contributed by atoms with E-state index in [1.807, 2.05) is 29.1 Å². The van der Waals surface area contributed by atoms with Crippen molar-refractivity contribution in [1.29, 1.82) is 0 Å². The van der Waals surface area contributed by atoms with Crippen LogP contribution in [-0.2, 0) is 6.42 Å². The number of aromatic nitrogens is 2. The van der Waals surface area contributed by atoms with Crippen molar-refractivity contribution in [2.24, 2.45) is 4.99 Å². The summed E-state index contributed by atoms with van der Waals surface area (Å²) >= 11 is 1.79. The molecule has 0 spiro atoms. The largest absolute Gasteiger partial charge is 0.469 e. The Morgan fingerprint density at radius 2 is 2.17 bits per heavy atom. The summed E-state index contributed by atoms with van der Waals surface area (Å²) in [6, 6.07) is 14.3. The van der Waals surface area contributed by atoms with Crippen LogP contribution in [-0.4, -0.2) is 40.8 Å². The van der Waals surface area contributed by atoms with Crippen molar-refractivity contribution >= 4 is 41.7 Å². The highest BCUT2D eigenvalue weighted by atomic mass is 127. The first-order chi connectivity index (χ1) is 13.8. The lowest BCUT2D eigenvalue weighted by Crippen LogP contribution is -2.40. The van der Waals surface area contributed by atoms with Crippen molar-refractivity contribution in [3.8, 4) is 5.69 Å². The van der Waals surface area contributed by atoms with Gasteiger partial charge in [-0.1, -0.05) is 12.1 Å². The van der Waals surface area contributed by atoms with Crippen LogP contribution in [0.1, 0.15) is 24.3 Å². The Balaban J connectivity index is 0.00000300. The Kier molecular flexibility index (Phi) is 10.1. The van der Waals surface area contributed by atoms with Crippen LogP contribution in [0.4, 0.5) is 0 Å². The van der Waals surface area contributed by atoms with Gasteiger partial charge in [-0.25, -0.2) is 4.68 Å². The lowest BCUT2D eigenvalue weighted by atomic mass is 10.1. The molecule has 0 saturated heterocycles. The summed E-state index contributed by atoms with van der Waals surface area (Å²) in [7, 11) is 0. The van der Waals surface area contributed by atoms with Crippen LogP contribution in [0.25, 0.3) is 5.69 Å². The van der Waals surface area contributed by atoms with E-state index in [9.17, 15) is 0 Å². The highest BCUT2D eigenvalue weighted by molar-refractivity contribution is 14.0. The first-order valence-electron chi connectivity index (χ1n) is 9.42. The molecule has 1 atom stereocenters. The number of nitrogens with one attached hydrogen (secondary N) is 2. The number of thioether (sulfide) groups is 1. The molecule has 0 radical (unpaired) electrons. The second-order valence-corrected chi connectivity index (χ2v) is 7.38. The molecule has 0 bridgehead atoms. The minimum absolute atomic E-state index is 0. The monoisotopic (exact) mass is 525 g/mol. The molecule has 2 aromatic heterocycles. The average Bonchev–Trinajstić information content (AvgIpc) is 3.42. The summed E-state index contributed by atoms with van der Waals surface area (Å²) in [5, 5.41) is 11.2. The Hall–Kier alpha value is -1.94. The normalized spacial score (nSPS) is 12.3. The van der Waals surface area contributed by atoms with Crippen molar-refractivity contribution in [1.82, 2.24) is 20.4 Å². The molecule has 3 rings (SSSR count). The molecule has 2 N–H and O–H groups in total. The second-order valence-electron chi connectivity index (χ2n) is 6.39. The number of furan rings is 1. The number of rotatable bonds is 9. The van der Waals surface area contributed by atoms with Crippen molar-refractivity contribution in [3.05, 3.63) is 72.4 Å². The number of hydrogen-bond donors (Lipinski definition) is 2. The molecule has 156 valence electrons. The van der Waals surface area contributed by atoms with E-state index in [4.69, 9.17) is 9.41 Å². The third-order valence-corrected chi connectivity index (χ3v) is 4.89. The zero-order valence-corrected chi connectivity index (χ0v) is 19.9. The highest BCUT2D eigenvalue weighted by Gasteiger charge is 2.10. The molecular formula is C21H28IN5OS. The fourth-order valence-electron chi connectivity index (χ4n) is 2.81. The van der Waals surface area contributed by atoms with Crippen molar-refractivity contribution in [3.63, 3.8) is 0 Å². The van der Waals surface area contributed by atoms with E-state index in [1.165, 1.54) is 5.56 Å². The zero-order valence-electron chi connectivity index (χ0n) is 16.7. The quantitative estimate of drug-likeness (QED) is 0.189. The summed E-state index contributed by atoms with van der Waals surface area (Å²) in [5.41, 5.74) is 2.22. The third-order valence-electron chi connectivity index (χ3n) is 4.30. The summed E-state index contributed by atoms with van der Waals surface area (Å²) < 4.78 is 7.27. The second kappa shape index (κ2) is 12.6. The fourth-order valence-corrected chi connectivity index (χ4v) is 3.08. The Morgan fingerprint density at radius 3 is 2.90 bits per heavy atom. The predicted octanol–water partition coefficient (Wildman–Crippen LogP) is 4.29. The molecule has 1 aromatic carbocycles. The first-order valence-corrected chi connectivity index (χ1v) is 10.8. The molecular weight excluding hydrogens is 497 g/mol. The number of hydrogen-bond acceptors (Lipinski definition) is 4. The van der Waals surface area contributed by atoms with Gasteiger partial charge in [0.25, 0.3) is 0 Å². The van der Waals surface area contributed by atoms with Crippen LogP contribution in [0.3, 0.4) is 0 Å². The average molecular weight is 525 g/mol. The van der Waals surface area contributed by atoms with Gasteiger partial charge in [0, 0.05) is 31.1 Å². The van der Waals surface area contributed by atoms with Crippen LogP contribution >= 0.6 is 35.7 Å². The number of nitrogens with zero attached hydrogens (tertiary/aromatic N) is 3. The van der Waals surface area contributed by atoms with Gasteiger partial charge in [0.1, 0.15) is 5.76 Å². The third kappa shape index (κ3) is 7.43. The van der Waals surface area contributed by atoms with E-state index in [0.29, 0.717) is 0 Å². The van der Waals surface area contributed by atoms with Gasteiger partial charge in [-0.05, 0) is 49.1 Å².